The van der Waals surface area contributed by atoms with Crippen LogP contribution in [0, 0.1) is 23.0 Å². The number of methoxy groups -OCH3 is 2. The van der Waals surface area contributed by atoms with Crippen molar-refractivity contribution in [2.24, 2.45) is 0 Å². The molecule has 4 aromatic rings. The molecule has 45 heavy (non-hydrogen) atoms. The molecule has 0 amide bonds. The highest BCUT2D eigenvalue weighted by atomic mass is 79.9. The standard InChI is InChI=1S/C15H15ClFN5O.C14H15BrClFN4O/c1-23-6-2-5-19-14-10(8-18)9-20-15(22-14)21-11-3-4-13(17)12(16)7-11;1-22-6-2-5-18-13-10(15)8-19-14(21-13)20-9-3-4-12(17)11(16)7-9/h3-4,7,9H,2,5-6H2,1H3,(H2,19,20,21,22);3-4,7-8H,2,5-6H2,1H3,(H2,18,19,20,21). The Bertz CT molecular complexity index is 1600. The van der Waals surface area contributed by atoms with Crippen LogP contribution in [-0.2, 0) is 9.47 Å². The van der Waals surface area contributed by atoms with Crippen molar-refractivity contribution in [1.82, 2.24) is 19.9 Å². The molecule has 2 aromatic carbocycles. The highest BCUT2D eigenvalue weighted by molar-refractivity contribution is 9.10. The minimum atomic E-state index is -0.501. The zero-order valence-electron chi connectivity index (χ0n) is 24.3. The average Bonchev–Trinajstić information content (AvgIpc) is 3.03. The number of ether oxygens (including phenoxy) is 2. The Hall–Kier alpha value is -3.87. The first kappa shape index (κ1) is 35.6. The monoisotopic (exact) mass is 723 g/mol. The van der Waals surface area contributed by atoms with E-state index < -0.39 is 11.6 Å². The van der Waals surface area contributed by atoms with Crippen molar-refractivity contribution in [2.75, 3.05) is 61.8 Å². The van der Waals surface area contributed by atoms with Gasteiger partial charge in [-0.1, -0.05) is 23.2 Å². The van der Waals surface area contributed by atoms with E-state index in [4.69, 9.17) is 37.9 Å². The fourth-order valence-electron chi connectivity index (χ4n) is 3.46. The predicted molar refractivity (Wildman–Crippen MR) is 176 cm³/mol. The highest BCUT2D eigenvalue weighted by Gasteiger charge is 2.09. The fraction of sp³-hybridized carbons (Fsp3) is 0.276. The van der Waals surface area contributed by atoms with Crippen LogP contribution in [0.3, 0.4) is 0 Å². The van der Waals surface area contributed by atoms with Crippen molar-refractivity contribution in [3.8, 4) is 6.07 Å². The maximum absolute atomic E-state index is 13.2. The molecular formula is C29H30BrCl2F2N9O2. The molecule has 11 nitrogen and oxygen atoms in total. The molecule has 0 radical (unpaired) electrons. The minimum absolute atomic E-state index is 0.00144. The maximum atomic E-state index is 13.2. The number of nitrogens with zero attached hydrogens (tertiary/aromatic N) is 5. The summed E-state index contributed by atoms with van der Waals surface area (Å²) in [6.45, 7) is 2.63. The largest absolute Gasteiger partial charge is 0.385 e. The number of anilines is 6. The molecule has 2 aromatic heterocycles. The van der Waals surface area contributed by atoms with E-state index in [1.807, 2.05) is 6.07 Å². The molecule has 16 heteroatoms. The van der Waals surface area contributed by atoms with E-state index in [0.717, 1.165) is 23.9 Å². The van der Waals surface area contributed by atoms with Crippen LogP contribution in [0.25, 0.3) is 0 Å². The topological polar surface area (TPSA) is 142 Å². The van der Waals surface area contributed by atoms with Gasteiger partial charge >= 0.3 is 0 Å². The Morgan fingerprint density at radius 2 is 1.29 bits per heavy atom. The fourth-order valence-corrected chi connectivity index (χ4v) is 4.15. The molecule has 0 atom stereocenters. The third kappa shape index (κ3) is 11.9. The lowest BCUT2D eigenvalue weighted by molar-refractivity contribution is 0.197. The van der Waals surface area contributed by atoms with Crippen LogP contribution < -0.4 is 21.3 Å². The molecule has 0 aliphatic carbocycles. The van der Waals surface area contributed by atoms with Crippen molar-refractivity contribution in [1.29, 1.82) is 5.26 Å². The van der Waals surface area contributed by atoms with Gasteiger partial charge in [0.25, 0.3) is 0 Å². The normalized spacial score (nSPS) is 10.4. The summed E-state index contributed by atoms with van der Waals surface area (Å²) in [5, 5.41) is 21.3. The van der Waals surface area contributed by atoms with E-state index >= 15 is 0 Å². The van der Waals surface area contributed by atoms with Gasteiger partial charge in [-0.25, -0.2) is 18.7 Å². The van der Waals surface area contributed by atoms with Crippen LogP contribution in [0.1, 0.15) is 18.4 Å². The Balaban J connectivity index is 0.000000246. The summed E-state index contributed by atoms with van der Waals surface area (Å²) in [6, 6.07) is 10.6. The Morgan fingerprint density at radius 3 is 1.78 bits per heavy atom. The molecule has 0 unspecified atom stereocenters. The number of benzene rings is 2. The quantitative estimate of drug-likeness (QED) is 0.0958. The molecule has 0 saturated heterocycles. The smallest absolute Gasteiger partial charge is 0.229 e. The van der Waals surface area contributed by atoms with E-state index in [2.05, 4.69) is 57.1 Å². The van der Waals surface area contributed by atoms with Crippen molar-refractivity contribution >= 4 is 74.0 Å². The lowest BCUT2D eigenvalue weighted by Crippen LogP contribution is -2.09. The summed E-state index contributed by atoms with van der Waals surface area (Å²) in [5.41, 5.74) is 1.50. The van der Waals surface area contributed by atoms with Gasteiger partial charge in [0.05, 0.1) is 20.7 Å². The van der Waals surface area contributed by atoms with Crippen molar-refractivity contribution in [3.63, 3.8) is 0 Å². The number of hydrogen-bond donors (Lipinski definition) is 4. The van der Waals surface area contributed by atoms with E-state index in [1.165, 1.54) is 36.5 Å². The van der Waals surface area contributed by atoms with Gasteiger partial charge in [0.15, 0.2) is 0 Å². The van der Waals surface area contributed by atoms with Gasteiger partial charge in [-0.2, -0.15) is 15.2 Å². The van der Waals surface area contributed by atoms with Crippen molar-refractivity contribution < 1.29 is 18.3 Å². The summed E-state index contributed by atoms with van der Waals surface area (Å²) in [5.74, 6) is 0.792. The summed E-state index contributed by atoms with van der Waals surface area (Å²) in [4.78, 5) is 16.8. The Kier molecular flexibility index (Phi) is 14.9. The summed E-state index contributed by atoms with van der Waals surface area (Å²) in [6.07, 6.45) is 4.70. The second kappa shape index (κ2) is 18.8. The first-order chi connectivity index (χ1) is 21.7. The van der Waals surface area contributed by atoms with Gasteiger partial charge in [-0.3, -0.25) is 0 Å². The van der Waals surface area contributed by atoms with Crippen LogP contribution in [0.15, 0.2) is 53.3 Å². The number of halogens is 5. The molecule has 2 heterocycles. The minimum Gasteiger partial charge on any atom is -0.385 e. The van der Waals surface area contributed by atoms with E-state index in [0.29, 0.717) is 54.3 Å². The van der Waals surface area contributed by atoms with Crippen LogP contribution in [0.5, 0.6) is 0 Å². The molecule has 0 bridgehead atoms. The zero-order valence-corrected chi connectivity index (χ0v) is 27.4. The summed E-state index contributed by atoms with van der Waals surface area (Å²) in [7, 11) is 3.29. The first-order valence-electron chi connectivity index (χ1n) is 13.4. The molecule has 0 spiro atoms. The lowest BCUT2D eigenvalue weighted by Gasteiger charge is -2.10. The molecule has 0 fully saturated rings. The first-order valence-corrected chi connectivity index (χ1v) is 15.0. The van der Waals surface area contributed by atoms with Crippen LogP contribution in [-0.4, -0.2) is 60.5 Å². The van der Waals surface area contributed by atoms with Crippen molar-refractivity contribution in [2.45, 2.75) is 12.8 Å². The molecular weight excluding hydrogens is 695 g/mol. The van der Waals surface area contributed by atoms with Gasteiger partial charge in [0.2, 0.25) is 11.9 Å². The van der Waals surface area contributed by atoms with Crippen LogP contribution in [0.4, 0.5) is 43.7 Å². The number of rotatable bonds is 14. The molecule has 238 valence electrons. The average molecular weight is 725 g/mol. The van der Waals surface area contributed by atoms with E-state index in [1.54, 1.807) is 26.5 Å². The molecule has 0 saturated carbocycles. The van der Waals surface area contributed by atoms with Gasteiger partial charge in [0.1, 0.15) is 34.9 Å². The zero-order chi connectivity index (χ0) is 32.6. The van der Waals surface area contributed by atoms with Gasteiger partial charge in [-0.15, -0.1) is 0 Å². The predicted octanol–water partition coefficient (Wildman–Crippen LogP) is 7.56. The Morgan fingerprint density at radius 1 is 0.800 bits per heavy atom. The lowest BCUT2D eigenvalue weighted by atomic mass is 10.3. The van der Waals surface area contributed by atoms with Gasteiger partial charge < -0.3 is 30.7 Å². The van der Waals surface area contributed by atoms with Gasteiger partial charge in [0, 0.05) is 58.1 Å². The van der Waals surface area contributed by atoms with Gasteiger partial charge in [-0.05, 0) is 65.2 Å². The number of aromatic nitrogens is 4. The third-order valence-electron chi connectivity index (χ3n) is 5.64. The summed E-state index contributed by atoms with van der Waals surface area (Å²) >= 11 is 14.9. The SMILES string of the molecule is COCCCNc1nc(Nc2ccc(F)c(Cl)c2)ncc1Br.COCCCNc1nc(Nc2ccc(F)c(Cl)c2)ncc1C#N. The van der Waals surface area contributed by atoms with E-state index in [9.17, 15) is 8.78 Å². The maximum Gasteiger partial charge on any atom is 0.229 e. The molecule has 4 rings (SSSR count). The highest BCUT2D eigenvalue weighted by Crippen LogP contribution is 2.25. The molecule has 0 aliphatic heterocycles. The Labute approximate surface area is 277 Å². The van der Waals surface area contributed by atoms with E-state index in [-0.39, 0.29) is 16.0 Å². The number of nitriles is 1. The number of nitrogens with one attached hydrogen (secondary N) is 4. The van der Waals surface area contributed by atoms with Crippen molar-refractivity contribution in [3.05, 3.63) is 80.5 Å². The molecule has 4 N–H and O–H groups in total. The number of hydrogen-bond acceptors (Lipinski definition) is 11. The summed E-state index contributed by atoms with van der Waals surface area (Å²) < 4.78 is 37.0. The second-order valence-corrected chi connectivity index (χ2v) is 10.7. The van der Waals surface area contributed by atoms with Crippen LogP contribution >= 0.6 is 39.1 Å². The second-order valence-electron chi connectivity index (χ2n) is 9.01. The molecule has 0 aliphatic rings. The van der Waals surface area contributed by atoms with Crippen LogP contribution in [0.2, 0.25) is 10.0 Å². The third-order valence-corrected chi connectivity index (χ3v) is 6.80.